The third kappa shape index (κ3) is 3.73. The number of hydrogen-bond acceptors (Lipinski definition) is 3. The van der Waals surface area contributed by atoms with Crippen LogP contribution in [-0.4, -0.2) is 49.1 Å². The minimum absolute atomic E-state index is 0.108. The molecule has 20 heavy (non-hydrogen) atoms. The summed E-state index contributed by atoms with van der Waals surface area (Å²) in [5, 5.41) is 0.780. The van der Waals surface area contributed by atoms with Gasteiger partial charge in [-0.25, -0.2) is 0 Å². The van der Waals surface area contributed by atoms with Crippen molar-refractivity contribution in [1.82, 2.24) is 9.80 Å². The number of rotatable bonds is 4. The Labute approximate surface area is 127 Å². The van der Waals surface area contributed by atoms with Crippen LogP contribution in [-0.2, 0) is 0 Å². The first-order valence-corrected chi connectivity index (χ1v) is 7.78. The van der Waals surface area contributed by atoms with Crippen molar-refractivity contribution < 1.29 is 0 Å². The summed E-state index contributed by atoms with van der Waals surface area (Å²) in [6.07, 6.45) is 2.51. The normalized spacial score (nSPS) is 23.8. The average molecular weight is 296 g/mol. The van der Waals surface area contributed by atoms with Crippen molar-refractivity contribution in [2.75, 3.05) is 27.2 Å². The number of likely N-dealkylation sites (tertiary alicyclic amines) is 1. The van der Waals surface area contributed by atoms with Gasteiger partial charge in [-0.3, -0.25) is 4.90 Å². The highest BCUT2D eigenvalue weighted by atomic mass is 35.5. The first-order chi connectivity index (χ1) is 9.49. The number of piperidine rings is 1. The molecule has 1 fully saturated rings. The van der Waals surface area contributed by atoms with Gasteiger partial charge < -0.3 is 10.6 Å². The molecule has 1 saturated heterocycles. The molecule has 3 nitrogen and oxygen atoms in total. The molecule has 0 aliphatic carbocycles. The molecule has 1 aliphatic heterocycles. The first-order valence-electron chi connectivity index (χ1n) is 7.40. The number of likely N-dealkylation sites (N-methyl/N-ethyl adjacent to an activating group) is 1. The van der Waals surface area contributed by atoms with Crippen LogP contribution in [0.15, 0.2) is 24.3 Å². The molecule has 112 valence electrons. The molecule has 4 heteroatoms. The van der Waals surface area contributed by atoms with E-state index in [0.29, 0.717) is 6.04 Å². The van der Waals surface area contributed by atoms with Gasteiger partial charge in [-0.2, -0.15) is 0 Å². The van der Waals surface area contributed by atoms with Crippen LogP contribution in [0.2, 0.25) is 5.02 Å². The molecule has 3 unspecified atom stereocenters. The van der Waals surface area contributed by atoms with E-state index in [9.17, 15) is 0 Å². The van der Waals surface area contributed by atoms with Crippen LogP contribution < -0.4 is 5.73 Å². The predicted octanol–water partition coefficient (Wildman–Crippen LogP) is 2.75. The summed E-state index contributed by atoms with van der Waals surface area (Å²) in [7, 11) is 4.33. The molecule has 0 bridgehead atoms. The van der Waals surface area contributed by atoms with Crippen LogP contribution in [0.3, 0.4) is 0 Å². The monoisotopic (exact) mass is 295 g/mol. The van der Waals surface area contributed by atoms with Gasteiger partial charge in [0, 0.05) is 29.7 Å². The van der Waals surface area contributed by atoms with Gasteiger partial charge in [0.05, 0.1) is 0 Å². The Morgan fingerprint density at radius 1 is 1.30 bits per heavy atom. The van der Waals surface area contributed by atoms with Gasteiger partial charge >= 0.3 is 0 Å². The number of nitrogens with two attached hydrogens (primary N) is 1. The molecule has 1 heterocycles. The summed E-state index contributed by atoms with van der Waals surface area (Å²) in [5.41, 5.74) is 7.54. The van der Waals surface area contributed by atoms with Crippen molar-refractivity contribution in [2.24, 2.45) is 5.73 Å². The van der Waals surface area contributed by atoms with Gasteiger partial charge in [0.1, 0.15) is 0 Å². The maximum Gasteiger partial charge on any atom is 0.0497 e. The lowest BCUT2D eigenvalue weighted by Gasteiger charge is -2.42. The van der Waals surface area contributed by atoms with Crippen molar-refractivity contribution in [1.29, 1.82) is 0 Å². The molecule has 2 rings (SSSR count). The minimum Gasteiger partial charge on any atom is -0.326 e. The van der Waals surface area contributed by atoms with Crippen molar-refractivity contribution in [3.05, 3.63) is 34.9 Å². The maximum atomic E-state index is 6.27. The summed E-state index contributed by atoms with van der Waals surface area (Å²) >= 11 is 5.99. The van der Waals surface area contributed by atoms with E-state index in [1.54, 1.807) is 0 Å². The first kappa shape index (κ1) is 15.8. The quantitative estimate of drug-likeness (QED) is 0.927. The highest BCUT2D eigenvalue weighted by molar-refractivity contribution is 6.30. The maximum absolute atomic E-state index is 6.27. The van der Waals surface area contributed by atoms with E-state index in [-0.39, 0.29) is 12.1 Å². The van der Waals surface area contributed by atoms with Crippen molar-refractivity contribution in [3.8, 4) is 0 Å². The molecule has 1 aliphatic rings. The largest absolute Gasteiger partial charge is 0.326 e. The Bertz CT molecular complexity index is 416. The molecule has 3 atom stereocenters. The summed E-state index contributed by atoms with van der Waals surface area (Å²) in [4.78, 5) is 4.86. The Morgan fingerprint density at radius 3 is 2.50 bits per heavy atom. The Balaban J connectivity index is 2.18. The fourth-order valence-corrected chi connectivity index (χ4v) is 3.29. The van der Waals surface area contributed by atoms with Gasteiger partial charge in [0.2, 0.25) is 0 Å². The molecule has 0 spiro atoms. The number of nitrogens with zero attached hydrogens (tertiary/aromatic N) is 2. The predicted molar refractivity (Wildman–Crippen MR) is 86.1 cm³/mol. The van der Waals surface area contributed by atoms with E-state index in [0.717, 1.165) is 18.1 Å². The van der Waals surface area contributed by atoms with Crippen molar-refractivity contribution in [3.63, 3.8) is 0 Å². The van der Waals surface area contributed by atoms with Gasteiger partial charge in [0.15, 0.2) is 0 Å². The summed E-state index contributed by atoms with van der Waals surface area (Å²) in [6.45, 7) is 4.31. The van der Waals surface area contributed by atoms with Crippen LogP contribution >= 0.6 is 11.6 Å². The molecule has 0 saturated carbocycles. The lowest BCUT2D eigenvalue weighted by molar-refractivity contribution is 0.0865. The highest BCUT2D eigenvalue weighted by Crippen LogP contribution is 2.28. The van der Waals surface area contributed by atoms with E-state index >= 15 is 0 Å². The summed E-state index contributed by atoms with van der Waals surface area (Å²) in [6, 6.07) is 9.13. The minimum atomic E-state index is 0.108. The second kappa shape index (κ2) is 6.90. The lowest BCUT2D eigenvalue weighted by Crippen LogP contribution is -2.49. The third-order valence-corrected chi connectivity index (χ3v) is 4.51. The standard InChI is InChI=1S/C16H26ClN3/c1-12(18)16(13-6-8-14(17)9-7-13)20-10-4-5-15(11-20)19(2)3/h6-9,12,15-16H,4-5,10-11,18H2,1-3H3. The smallest absolute Gasteiger partial charge is 0.0497 e. The molecule has 1 aromatic rings. The van der Waals surface area contributed by atoms with Crippen LogP contribution in [0.25, 0.3) is 0 Å². The van der Waals surface area contributed by atoms with Crippen molar-refractivity contribution in [2.45, 2.75) is 37.9 Å². The molecular formula is C16H26ClN3. The van der Waals surface area contributed by atoms with Gasteiger partial charge in [-0.1, -0.05) is 23.7 Å². The molecular weight excluding hydrogens is 270 g/mol. The summed E-state index contributed by atoms with van der Waals surface area (Å²) in [5.74, 6) is 0. The molecule has 1 aromatic carbocycles. The summed E-state index contributed by atoms with van der Waals surface area (Å²) < 4.78 is 0. The van der Waals surface area contributed by atoms with Gasteiger partial charge in [0.25, 0.3) is 0 Å². The molecule has 0 radical (unpaired) electrons. The van der Waals surface area contributed by atoms with Crippen LogP contribution in [0.1, 0.15) is 31.4 Å². The number of hydrogen-bond donors (Lipinski definition) is 1. The van der Waals surface area contributed by atoms with E-state index in [1.165, 1.54) is 18.4 Å². The second-order valence-electron chi connectivity index (χ2n) is 6.11. The molecule has 2 N–H and O–H groups in total. The van der Waals surface area contributed by atoms with Crippen molar-refractivity contribution >= 4 is 11.6 Å². The zero-order valence-corrected chi connectivity index (χ0v) is 13.5. The van der Waals surface area contributed by atoms with E-state index in [1.807, 2.05) is 12.1 Å². The van der Waals surface area contributed by atoms with Crippen LogP contribution in [0, 0.1) is 0 Å². The third-order valence-electron chi connectivity index (χ3n) is 4.26. The second-order valence-corrected chi connectivity index (χ2v) is 6.55. The molecule has 0 amide bonds. The lowest BCUT2D eigenvalue weighted by atomic mass is 9.95. The zero-order chi connectivity index (χ0) is 14.7. The average Bonchev–Trinajstić information content (AvgIpc) is 2.41. The fraction of sp³-hybridized carbons (Fsp3) is 0.625. The highest BCUT2D eigenvalue weighted by Gasteiger charge is 2.29. The number of halogens is 1. The SMILES string of the molecule is CC(N)C(c1ccc(Cl)cc1)N1CCCC(N(C)C)C1. The number of benzene rings is 1. The topological polar surface area (TPSA) is 32.5 Å². The Kier molecular flexibility index (Phi) is 5.44. The van der Waals surface area contributed by atoms with Crippen LogP contribution in [0.5, 0.6) is 0 Å². The van der Waals surface area contributed by atoms with Gasteiger partial charge in [-0.05, 0) is 58.1 Å². The van der Waals surface area contributed by atoms with E-state index in [2.05, 4.69) is 43.0 Å². The van der Waals surface area contributed by atoms with E-state index < -0.39 is 0 Å². The Hall–Kier alpha value is -0.610. The Morgan fingerprint density at radius 2 is 1.95 bits per heavy atom. The van der Waals surface area contributed by atoms with E-state index in [4.69, 9.17) is 17.3 Å². The van der Waals surface area contributed by atoms with Crippen LogP contribution in [0.4, 0.5) is 0 Å². The zero-order valence-electron chi connectivity index (χ0n) is 12.7. The molecule has 0 aromatic heterocycles. The fourth-order valence-electron chi connectivity index (χ4n) is 3.16. The van der Waals surface area contributed by atoms with Gasteiger partial charge in [-0.15, -0.1) is 0 Å².